The lowest BCUT2D eigenvalue weighted by Gasteiger charge is -2.15. The molecule has 6 nitrogen and oxygen atoms in total. The lowest BCUT2D eigenvalue weighted by atomic mass is 10.1. The molecule has 0 aliphatic carbocycles. The van der Waals surface area contributed by atoms with Crippen molar-refractivity contribution >= 4 is 23.4 Å². The van der Waals surface area contributed by atoms with Gasteiger partial charge in [-0.3, -0.25) is 14.4 Å². The fourth-order valence-electron chi connectivity index (χ4n) is 2.91. The molecule has 3 amide bonds. The number of anilines is 1. The summed E-state index contributed by atoms with van der Waals surface area (Å²) < 4.78 is 13.0. The number of amides is 3. The van der Waals surface area contributed by atoms with Crippen LogP contribution in [0.25, 0.3) is 0 Å². The first-order valence-electron chi connectivity index (χ1n) is 10.1. The Hall–Kier alpha value is -3.22. The number of benzene rings is 2. The molecule has 0 fully saturated rings. The highest BCUT2D eigenvalue weighted by Gasteiger charge is 2.11. The van der Waals surface area contributed by atoms with E-state index in [1.54, 1.807) is 12.1 Å². The summed E-state index contributed by atoms with van der Waals surface area (Å²) in [5.41, 5.74) is 1.91. The fourth-order valence-corrected chi connectivity index (χ4v) is 2.91. The van der Waals surface area contributed by atoms with Gasteiger partial charge in [0.15, 0.2) is 0 Å². The first kappa shape index (κ1) is 23.1. The van der Waals surface area contributed by atoms with Crippen LogP contribution in [0.2, 0.25) is 0 Å². The maximum Gasteiger partial charge on any atom is 0.255 e. The van der Waals surface area contributed by atoms with Gasteiger partial charge in [0.25, 0.3) is 5.91 Å². The minimum absolute atomic E-state index is 0.0179. The fraction of sp³-hybridized carbons (Fsp3) is 0.348. The van der Waals surface area contributed by atoms with Gasteiger partial charge in [-0.05, 0) is 61.7 Å². The molecule has 0 heterocycles. The Morgan fingerprint density at radius 3 is 2.23 bits per heavy atom. The molecule has 0 aromatic heterocycles. The largest absolute Gasteiger partial charge is 0.356 e. The van der Waals surface area contributed by atoms with Gasteiger partial charge in [0.1, 0.15) is 5.82 Å². The smallest absolute Gasteiger partial charge is 0.255 e. The summed E-state index contributed by atoms with van der Waals surface area (Å²) in [5.74, 6) is -0.766. The van der Waals surface area contributed by atoms with E-state index in [-0.39, 0.29) is 23.8 Å². The van der Waals surface area contributed by atoms with E-state index in [1.165, 1.54) is 31.2 Å². The predicted octanol–water partition coefficient (Wildman–Crippen LogP) is 3.95. The van der Waals surface area contributed by atoms with Crippen molar-refractivity contribution < 1.29 is 18.8 Å². The molecule has 2 aromatic carbocycles. The normalized spacial score (nSPS) is 11.4. The number of halogens is 1. The van der Waals surface area contributed by atoms with Gasteiger partial charge in [0, 0.05) is 31.1 Å². The number of hydrogen-bond donors (Lipinski definition) is 3. The van der Waals surface area contributed by atoms with Crippen LogP contribution in [0.15, 0.2) is 48.5 Å². The minimum Gasteiger partial charge on any atom is -0.356 e. The van der Waals surface area contributed by atoms with Crippen LogP contribution in [-0.2, 0) is 9.59 Å². The molecule has 0 saturated heterocycles. The molecule has 0 radical (unpaired) electrons. The van der Waals surface area contributed by atoms with E-state index >= 15 is 0 Å². The van der Waals surface area contributed by atoms with E-state index in [2.05, 4.69) is 16.0 Å². The summed E-state index contributed by atoms with van der Waals surface area (Å²) in [6.45, 7) is 4.03. The van der Waals surface area contributed by atoms with Crippen molar-refractivity contribution in [2.24, 2.45) is 0 Å². The average Bonchev–Trinajstić information content (AvgIpc) is 2.71. The molecule has 0 saturated carbocycles. The highest BCUT2D eigenvalue weighted by atomic mass is 19.1. The molecule has 2 rings (SSSR count). The Labute approximate surface area is 176 Å². The molecule has 7 heteroatoms. The van der Waals surface area contributed by atoms with E-state index in [9.17, 15) is 18.8 Å². The standard InChI is InChI=1S/C23H28FN3O3/c1-16(26-22(29)6-4-3-5-15-25-17(2)28)18-9-13-21(14-10-18)27-23(30)19-7-11-20(24)12-8-19/h7-14,16H,3-6,15H2,1-2H3,(H,25,28)(H,26,29)(H,27,30). The van der Waals surface area contributed by atoms with E-state index < -0.39 is 5.82 Å². The summed E-state index contributed by atoms with van der Waals surface area (Å²) in [4.78, 5) is 35.1. The van der Waals surface area contributed by atoms with E-state index in [1.807, 2.05) is 19.1 Å². The number of rotatable bonds is 10. The van der Waals surface area contributed by atoms with Gasteiger partial charge in [-0.15, -0.1) is 0 Å². The highest BCUT2D eigenvalue weighted by Crippen LogP contribution is 2.17. The molecule has 30 heavy (non-hydrogen) atoms. The van der Waals surface area contributed by atoms with Crippen LogP contribution in [0.1, 0.15) is 61.5 Å². The third-order valence-electron chi connectivity index (χ3n) is 4.61. The van der Waals surface area contributed by atoms with Crippen molar-refractivity contribution in [2.45, 2.75) is 45.6 Å². The van der Waals surface area contributed by atoms with Gasteiger partial charge in [-0.2, -0.15) is 0 Å². The Morgan fingerprint density at radius 1 is 0.933 bits per heavy atom. The summed E-state index contributed by atoms with van der Waals surface area (Å²) in [6, 6.07) is 12.4. The Kier molecular flexibility index (Phi) is 9.00. The Balaban J connectivity index is 1.75. The number of unbranched alkanes of at least 4 members (excludes halogenated alkanes) is 2. The van der Waals surface area contributed by atoms with Crippen LogP contribution >= 0.6 is 0 Å². The summed E-state index contributed by atoms with van der Waals surface area (Å²) in [6.07, 6.45) is 2.95. The second-order valence-corrected chi connectivity index (χ2v) is 7.17. The molecule has 3 N–H and O–H groups in total. The third-order valence-corrected chi connectivity index (χ3v) is 4.61. The van der Waals surface area contributed by atoms with Crippen molar-refractivity contribution in [3.8, 4) is 0 Å². The van der Waals surface area contributed by atoms with Crippen molar-refractivity contribution in [3.63, 3.8) is 0 Å². The Morgan fingerprint density at radius 2 is 1.60 bits per heavy atom. The highest BCUT2D eigenvalue weighted by molar-refractivity contribution is 6.04. The van der Waals surface area contributed by atoms with Crippen LogP contribution in [0.3, 0.4) is 0 Å². The molecule has 0 bridgehead atoms. The van der Waals surface area contributed by atoms with Gasteiger partial charge in [-0.25, -0.2) is 4.39 Å². The molecule has 0 aliphatic heterocycles. The van der Waals surface area contributed by atoms with Gasteiger partial charge >= 0.3 is 0 Å². The molecule has 1 atom stereocenters. The van der Waals surface area contributed by atoms with Gasteiger partial charge in [0.05, 0.1) is 6.04 Å². The predicted molar refractivity (Wildman–Crippen MR) is 115 cm³/mol. The second kappa shape index (κ2) is 11.7. The van der Waals surface area contributed by atoms with Crippen LogP contribution in [0.5, 0.6) is 0 Å². The third kappa shape index (κ3) is 8.03. The van der Waals surface area contributed by atoms with Crippen molar-refractivity contribution in [2.75, 3.05) is 11.9 Å². The van der Waals surface area contributed by atoms with Crippen LogP contribution in [0, 0.1) is 5.82 Å². The lowest BCUT2D eigenvalue weighted by molar-refractivity contribution is -0.122. The lowest BCUT2D eigenvalue weighted by Crippen LogP contribution is -2.26. The maximum atomic E-state index is 13.0. The monoisotopic (exact) mass is 413 g/mol. The quantitative estimate of drug-likeness (QED) is 0.516. The molecule has 1 unspecified atom stereocenters. The van der Waals surface area contributed by atoms with E-state index in [0.29, 0.717) is 24.2 Å². The summed E-state index contributed by atoms with van der Waals surface area (Å²) in [7, 11) is 0. The van der Waals surface area contributed by atoms with Crippen molar-refractivity contribution in [1.82, 2.24) is 10.6 Å². The van der Waals surface area contributed by atoms with Gasteiger partial charge in [0.2, 0.25) is 11.8 Å². The van der Waals surface area contributed by atoms with Crippen molar-refractivity contribution in [1.29, 1.82) is 0 Å². The van der Waals surface area contributed by atoms with Gasteiger partial charge in [-0.1, -0.05) is 18.6 Å². The zero-order chi connectivity index (χ0) is 21.9. The average molecular weight is 413 g/mol. The first-order valence-corrected chi connectivity index (χ1v) is 10.1. The summed E-state index contributed by atoms with van der Waals surface area (Å²) in [5, 5.41) is 8.46. The minimum atomic E-state index is -0.392. The van der Waals surface area contributed by atoms with Gasteiger partial charge < -0.3 is 16.0 Å². The zero-order valence-corrected chi connectivity index (χ0v) is 17.3. The molecule has 0 spiro atoms. The second-order valence-electron chi connectivity index (χ2n) is 7.17. The van der Waals surface area contributed by atoms with E-state index in [0.717, 1.165) is 24.8 Å². The topological polar surface area (TPSA) is 87.3 Å². The molecular weight excluding hydrogens is 385 g/mol. The molecule has 160 valence electrons. The molecular formula is C23H28FN3O3. The van der Waals surface area contributed by atoms with E-state index in [4.69, 9.17) is 0 Å². The number of carbonyl (C=O) groups excluding carboxylic acids is 3. The van der Waals surface area contributed by atoms with Crippen LogP contribution in [-0.4, -0.2) is 24.3 Å². The Bertz CT molecular complexity index is 851. The number of carbonyl (C=O) groups is 3. The SMILES string of the molecule is CC(=O)NCCCCCC(=O)NC(C)c1ccc(NC(=O)c2ccc(F)cc2)cc1. The maximum absolute atomic E-state index is 13.0. The molecule has 2 aromatic rings. The van der Waals surface area contributed by atoms with Crippen molar-refractivity contribution in [3.05, 3.63) is 65.5 Å². The number of nitrogens with one attached hydrogen (secondary N) is 3. The first-order chi connectivity index (χ1) is 14.3. The number of hydrogen-bond acceptors (Lipinski definition) is 3. The zero-order valence-electron chi connectivity index (χ0n) is 17.3. The summed E-state index contributed by atoms with van der Waals surface area (Å²) >= 11 is 0. The molecule has 0 aliphatic rings. The van der Waals surface area contributed by atoms with Crippen LogP contribution in [0.4, 0.5) is 10.1 Å². The van der Waals surface area contributed by atoms with Crippen LogP contribution < -0.4 is 16.0 Å².